The molecule has 1 fully saturated rings. The number of nitrogens with zero attached hydrogens (tertiary/aromatic N) is 5. The van der Waals surface area contributed by atoms with Crippen molar-refractivity contribution in [3.05, 3.63) is 72.6 Å². The second-order valence-corrected chi connectivity index (χ2v) is 14.2. The number of hydrogen-bond acceptors (Lipinski definition) is 8. The molecule has 12 heteroatoms. The molecule has 0 spiro atoms. The average Bonchev–Trinajstić information content (AvgIpc) is 3.53. The summed E-state index contributed by atoms with van der Waals surface area (Å²) < 4.78 is 1.85. The van der Waals surface area contributed by atoms with Gasteiger partial charge in [-0.25, -0.2) is 4.98 Å². The molecule has 0 saturated heterocycles. The number of carbonyl (C=O) groups excluding carboxylic acids is 3. The zero-order chi connectivity index (χ0) is 36.2. The lowest BCUT2D eigenvalue weighted by Crippen LogP contribution is -2.49. The standard InChI is InChI=1S/C39H52N8O4/c1-4-5-18-30(39(51)41-29-17-12-19-40-24-29)43-36(49)22-34(48)31(21-27-13-8-6-9-14-27)44-37(50)23-35-45-46-38-32(20-26(2)3)42-33(25-47(35)38)28-15-10-7-11-16-28/h7,10-12,15-17,19,24-27,30-31,34,48H,4-6,8-9,13-14,18,20-23H2,1-3H3,(H,41,51)(H,43,49)(H,44,50)/t30-,31-,34-/m0/s1. The average molecular weight is 697 g/mol. The van der Waals surface area contributed by atoms with Crippen molar-refractivity contribution in [2.24, 2.45) is 11.8 Å². The summed E-state index contributed by atoms with van der Waals surface area (Å²) in [5.41, 5.74) is 3.69. The summed E-state index contributed by atoms with van der Waals surface area (Å²) in [6.45, 7) is 6.27. The quantitative estimate of drug-likeness (QED) is 0.113. The first-order valence-corrected chi connectivity index (χ1v) is 18.5. The van der Waals surface area contributed by atoms with Crippen LogP contribution in [-0.4, -0.2) is 65.6 Å². The van der Waals surface area contributed by atoms with Crippen LogP contribution < -0.4 is 16.0 Å². The second-order valence-electron chi connectivity index (χ2n) is 14.2. The molecule has 0 unspecified atom stereocenters. The van der Waals surface area contributed by atoms with E-state index >= 15 is 0 Å². The van der Waals surface area contributed by atoms with E-state index in [0.29, 0.717) is 48.3 Å². The van der Waals surface area contributed by atoms with Crippen molar-refractivity contribution < 1.29 is 19.5 Å². The maximum Gasteiger partial charge on any atom is 0.246 e. The van der Waals surface area contributed by atoms with E-state index in [9.17, 15) is 19.5 Å². The molecule has 3 aromatic heterocycles. The summed E-state index contributed by atoms with van der Waals surface area (Å²) in [4.78, 5) is 49.1. The van der Waals surface area contributed by atoms with E-state index in [-0.39, 0.29) is 24.7 Å². The van der Waals surface area contributed by atoms with Crippen LogP contribution in [0.2, 0.25) is 0 Å². The van der Waals surface area contributed by atoms with Crippen molar-refractivity contribution in [1.82, 2.24) is 35.2 Å². The van der Waals surface area contributed by atoms with Crippen molar-refractivity contribution in [3.63, 3.8) is 0 Å². The highest BCUT2D eigenvalue weighted by Crippen LogP contribution is 2.29. The number of fused-ring (bicyclic) bond motifs is 1. The van der Waals surface area contributed by atoms with Gasteiger partial charge in [0, 0.05) is 18.0 Å². The zero-order valence-corrected chi connectivity index (χ0v) is 30.1. The Balaban J connectivity index is 1.30. The van der Waals surface area contributed by atoms with Gasteiger partial charge >= 0.3 is 0 Å². The van der Waals surface area contributed by atoms with Crippen LogP contribution in [0.15, 0.2) is 61.1 Å². The van der Waals surface area contributed by atoms with Gasteiger partial charge in [0.1, 0.15) is 11.9 Å². The lowest BCUT2D eigenvalue weighted by atomic mass is 9.83. The lowest BCUT2D eigenvalue weighted by Gasteiger charge is -2.30. The Labute approximate surface area is 300 Å². The molecule has 0 aliphatic heterocycles. The van der Waals surface area contributed by atoms with Gasteiger partial charge < -0.3 is 21.1 Å². The van der Waals surface area contributed by atoms with E-state index in [1.165, 1.54) is 6.42 Å². The fraction of sp³-hybridized carbons (Fsp3) is 0.513. The lowest BCUT2D eigenvalue weighted by molar-refractivity contribution is -0.129. The first-order chi connectivity index (χ1) is 24.7. The van der Waals surface area contributed by atoms with Crippen molar-refractivity contribution in [3.8, 4) is 11.3 Å². The number of carbonyl (C=O) groups is 3. The third kappa shape index (κ3) is 10.9. The molecule has 1 saturated carbocycles. The Morgan fingerprint density at radius 3 is 2.47 bits per heavy atom. The van der Waals surface area contributed by atoms with Crippen LogP contribution in [0.3, 0.4) is 0 Å². The molecule has 4 aromatic rings. The summed E-state index contributed by atoms with van der Waals surface area (Å²) in [6, 6.07) is 11.9. The molecule has 3 heterocycles. The summed E-state index contributed by atoms with van der Waals surface area (Å²) in [5.74, 6) is 0.0339. The molecular weight excluding hydrogens is 644 g/mol. The molecule has 51 heavy (non-hydrogen) atoms. The van der Waals surface area contributed by atoms with Crippen LogP contribution in [0.25, 0.3) is 16.9 Å². The van der Waals surface area contributed by atoms with Gasteiger partial charge in [0.25, 0.3) is 0 Å². The summed E-state index contributed by atoms with van der Waals surface area (Å²) in [5, 5.41) is 29.0. The maximum absolute atomic E-state index is 13.7. The van der Waals surface area contributed by atoms with E-state index in [1.54, 1.807) is 24.5 Å². The van der Waals surface area contributed by atoms with E-state index in [0.717, 1.165) is 55.5 Å². The molecule has 272 valence electrons. The summed E-state index contributed by atoms with van der Waals surface area (Å²) >= 11 is 0. The molecule has 1 aromatic carbocycles. The number of pyridine rings is 1. The number of aliphatic hydroxyl groups is 1. The first kappa shape index (κ1) is 37.5. The monoisotopic (exact) mass is 696 g/mol. The Morgan fingerprint density at radius 1 is 0.980 bits per heavy atom. The maximum atomic E-state index is 13.7. The number of anilines is 1. The molecule has 0 bridgehead atoms. The minimum Gasteiger partial charge on any atom is -0.390 e. The third-order valence-electron chi connectivity index (χ3n) is 9.47. The van der Waals surface area contributed by atoms with E-state index in [2.05, 4.69) is 45.0 Å². The smallest absolute Gasteiger partial charge is 0.246 e. The Kier molecular flexibility index (Phi) is 13.6. The predicted molar refractivity (Wildman–Crippen MR) is 197 cm³/mol. The van der Waals surface area contributed by atoms with Crippen molar-refractivity contribution in [1.29, 1.82) is 0 Å². The number of nitrogens with one attached hydrogen (secondary N) is 3. The molecule has 4 N–H and O–H groups in total. The van der Waals surface area contributed by atoms with Gasteiger partial charge in [-0.05, 0) is 43.2 Å². The third-order valence-corrected chi connectivity index (χ3v) is 9.47. The SMILES string of the molecule is CCCC[C@H](NC(=O)C[C@H](O)[C@H](CC1CCCCC1)NC(=O)Cc1nnc2c(CC(C)C)nc(-c3ccccc3)cn12)C(=O)Nc1cccnc1. The molecule has 0 radical (unpaired) electrons. The molecule has 1 aliphatic carbocycles. The van der Waals surface area contributed by atoms with Gasteiger partial charge in [-0.3, -0.25) is 23.8 Å². The summed E-state index contributed by atoms with van der Waals surface area (Å²) in [7, 11) is 0. The highest BCUT2D eigenvalue weighted by Gasteiger charge is 2.30. The fourth-order valence-corrected chi connectivity index (χ4v) is 6.82. The van der Waals surface area contributed by atoms with Gasteiger partial charge in [-0.2, -0.15) is 0 Å². The van der Waals surface area contributed by atoms with Gasteiger partial charge in [-0.1, -0.05) is 96.0 Å². The van der Waals surface area contributed by atoms with E-state index < -0.39 is 24.1 Å². The fourth-order valence-electron chi connectivity index (χ4n) is 6.82. The minimum absolute atomic E-state index is 0.0613. The number of aromatic nitrogens is 5. The molecule has 3 amide bonds. The number of amides is 3. The van der Waals surface area contributed by atoms with Crippen molar-refractivity contribution in [2.75, 3.05) is 5.32 Å². The number of unbranched alkanes of at least 4 members (excludes halogenated alkanes) is 1. The van der Waals surface area contributed by atoms with Crippen LogP contribution in [0.4, 0.5) is 5.69 Å². The Morgan fingerprint density at radius 2 is 1.76 bits per heavy atom. The number of hydrogen-bond donors (Lipinski definition) is 4. The first-order valence-electron chi connectivity index (χ1n) is 18.5. The normalized spacial score (nSPS) is 15.3. The van der Waals surface area contributed by atoms with E-state index in [1.807, 2.05) is 47.9 Å². The molecule has 5 rings (SSSR count). The van der Waals surface area contributed by atoms with Gasteiger partial charge in [-0.15, -0.1) is 10.2 Å². The number of rotatable bonds is 17. The van der Waals surface area contributed by atoms with Crippen molar-refractivity contribution >= 4 is 29.1 Å². The van der Waals surface area contributed by atoms with Gasteiger partial charge in [0.15, 0.2) is 5.65 Å². The van der Waals surface area contributed by atoms with E-state index in [4.69, 9.17) is 4.98 Å². The summed E-state index contributed by atoms with van der Waals surface area (Å²) in [6.07, 6.45) is 12.3. The largest absolute Gasteiger partial charge is 0.390 e. The molecule has 1 aliphatic rings. The number of benzene rings is 1. The van der Waals surface area contributed by atoms with Gasteiger partial charge in [0.05, 0.1) is 48.3 Å². The topological polar surface area (TPSA) is 164 Å². The second kappa shape index (κ2) is 18.5. The Hall–Kier alpha value is -4.71. The van der Waals surface area contributed by atoms with Gasteiger partial charge in [0.2, 0.25) is 17.7 Å². The van der Waals surface area contributed by atoms with Crippen LogP contribution >= 0.6 is 0 Å². The highest BCUT2D eigenvalue weighted by molar-refractivity contribution is 5.97. The Bertz CT molecular complexity index is 1720. The number of aliphatic hydroxyl groups excluding tert-OH is 1. The molecule has 3 atom stereocenters. The van der Waals surface area contributed by atoms with Crippen LogP contribution in [-0.2, 0) is 27.2 Å². The molecule has 12 nitrogen and oxygen atoms in total. The highest BCUT2D eigenvalue weighted by atomic mass is 16.3. The molecular formula is C39H52N8O4. The zero-order valence-electron chi connectivity index (χ0n) is 30.1. The van der Waals surface area contributed by atoms with Crippen LogP contribution in [0, 0.1) is 11.8 Å². The van der Waals surface area contributed by atoms with Crippen LogP contribution in [0.1, 0.15) is 96.5 Å². The van der Waals surface area contributed by atoms with Crippen molar-refractivity contribution in [2.45, 2.75) is 116 Å². The predicted octanol–water partition coefficient (Wildman–Crippen LogP) is 5.45. The minimum atomic E-state index is -1.15. The van der Waals surface area contributed by atoms with Crippen LogP contribution in [0.5, 0.6) is 0 Å².